The van der Waals surface area contributed by atoms with Crippen molar-refractivity contribution in [1.29, 1.82) is 0 Å². The Morgan fingerprint density at radius 1 is 1.06 bits per heavy atom. The van der Waals surface area contributed by atoms with Crippen molar-refractivity contribution >= 4 is 28.2 Å². The Bertz CT molecular complexity index is 1160. The molecule has 3 N–H and O–H groups in total. The number of nitrogens with one attached hydrogen (secondary N) is 1. The number of fused-ring (bicyclic) bond motifs is 1. The largest absolute Gasteiger partial charge is 0.369 e. The van der Waals surface area contributed by atoms with E-state index in [0.717, 1.165) is 46.1 Å². The fourth-order valence-corrected chi connectivity index (χ4v) is 7.66. The molecule has 34 heavy (non-hydrogen) atoms. The second-order valence-electron chi connectivity index (χ2n) is 11.0. The molecule has 0 spiro atoms. The number of rotatable bonds is 7. The van der Waals surface area contributed by atoms with Gasteiger partial charge in [0.2, 0.25) is 11.8 Å². The fourth-order valence-electron chi connectivity index (χ4n) is 7.66. The first-order valence-electron chi connectivity index (χ1n) is 12.8. The topological polar surface area (TPSA) is 72.2 Å². The van der Waals surface area contributed by atoms with Gasteiger partial charge in [0.25, 0.3) is 0 Å². The molecule has 0 heterocycles. The predicted octanol–water partition coefficient (Wildman–Crippen LogP) is 5.72. The van der Waals surface area contributed by atoms with Crippen LogP contribution in [0, 0.1) is 23.2 Å². The maximum atomic E-state index is 12.2. The van der Waals surface area contributed by atoms with E-state index in [9.17, 15) is 9.59 Å². The predicted molar refractivity (Wildman–Crippen MR) is 138 cm³/mol. The van der Waals surface area contributed by atoms with Crippen LogP contribution in [0.1, 0.15) is 68.9 Å². The number of hydrogen-bond donors (Lipinski definition) is 2. The van der Waals surface area contributed by atoms with Gasteiger partial charge in [0, 0.05) is 7.05 Å². The van der Waals surface area contributed by atoms with E-state index in [1.54, 1.807) is 5.57 Å². The summed E-state index contributed by atoms with van der Waals surface area (Å²) < 4.78 is 0. The Kier molecular flexibility index (Phi) is 5.87. The first kappa shape index (κ1) is 22.9. The summed E-state index contributed by atoms with van der Waals surface area (Å²) in [4.78, 5) is 24.0. The summed E-state index contributed by atoms with van der Waals surface area (Å²) in [5.74, 6) is 0.777. The molecule has 4 heteroatoms. The SMILES string of the molecule is C=C(/C=C(\CC)C12CC3CC(CC(C3)C1)C2)c1ccc2cc(C(C(N)=O)C(=O)NC)ccc2c1. The Labute approximate surface area is 202 Å². The lowest BCUT2D eigenvalue weighted by molar-refractivity contribution is -0.129. The Morgan fingerprint density at radius 2 is 1.65 bits per heavy atom. The van der Waals surface area contributed by atoms with Crippen LogP contribution >= 0.6 is 0 Å². The lowest BCUT2D eigenvalue weighted by Gasteiger charge is -2.58. The number of carbonyl (C=O) groups is 2. The van der Waals surface area contributed by atoms with Crippen molar-refractivity contribution in [3.63, 3.8) is 0 Å². The van der Waals surface area contributed by atoms with Gasteiger partial charge in [-0.05, 0) is 108 Å². The second kappa shape index (κ2) is 8.72. The zero-order valence-electron chi connectivity index (χ0n) is 20.4. The van der Waals surface area contributed by atoms with Crippen LogP contribution in [0.15, 0.2) is 54.6 Å². The van der Waals surface area contributed by atoms with Crippen LogP contribution in [-0.4, -0.2) is 18.9 Å². The zero-order chi connectivity index (χ0) is 24.0. The van der Waals surface area contributed by atoms with Crippen LogP contribution in [0.25, 0.3) is 16.3 Å². The van der Waals surface area contributed by atoms with Crippen molar-refractivity contribution in [2.75, 3.05) is 7.05 Å². The molecule has 4 aliphatic carbocycles. The Balaban J connectivity index is 1.42. The summed E-state index contributed by atoms with van der Waals surface area (Å²) in [6.45, 7) is 6.77. The molecule has 4 fully saturated rings. The molecule has 0 aliphatic heterocycles. The lowest BCUT2D eigenvalue weighted by atomic mass is 9.47. The monoisotopic (exact) mass is 456 g/mol. The first-order chi connectivity index (χ1) is 16.3. The first-order valence-corrected chi connectivity index (χ1v) is 12.8. The number of hydrogen-bond acceptors (Lipinski definition) is 2. The third-order valence-corrected chi connectivity index (χ3v) is 8.81. The van der Waals surface area contributed by atoms with Crippen LogP contribution < -0.4 is 11.1 Å². The quantitative estimate of drug-likeness (QED) is 0.413. The van der Waals surface area contributed by atoms with Gasteiger partial charge in [-0.2, -0.15) is 0 Å². The molecule has 0 aromatic heterocycles. The van der Waals surface area contributed by atoms with Gasteiger partial charge >= 0.3 is 0 Å². The highest BCUT2D eigenvalue weighted by Gasteiger charge is 2.51. The van der Waals surface area contributed by atoms with E-state index < -0.39 is 17.7 Å². The minimum Gasteiger partial charge on any atom is -0.369 e. The van der Waals surface area contributed by atoms with Gasteiger partial charge < -0.3 is 11.1 Å². The number of carbonyl (C=O) groups excluding carboxylic acids is 2. The van der Waals surface area contributed by atoms with Gasteiger partial charge in [-0.3, -0.25) is 9.59 Å². The maximum Gasteiger partial charge on any atom is 0.236 e. The fraction of sp³-hybridized carbons (Fsp3) is 0.467. The molecule has 4 saturated carbocycles. The molecular weight excluding hydrogens is 420 g/mol. The minimum atomic E-state index is -0.987. The molecule has 1 atom stereocenters. The molecule has 2 aromatic rings. The summed E-state index contributed by atoms with van der Waals surface area (Å²) in [7, 11) is 1.51. The number of nitrogens with two attached hydrogens (primary N) is 1. The van der Waals surface area contributed by atoms with Gasteiger partial charge in [0.15, 0.2) is 0 Å². The standard InChI is InChI=1S/C30H36N2O2/c1-4-26(30-15-19-10-20(16-30)12-21(11-19)17-30)9-18(2)22-5-6-24-14-25(8-7-23(24)13-22)27(28(31)33)29(34)32-3/h5-9,13-14,19-21,27H,2,4,10-12,15-17H2,1,3H3,(H2,31,33)(H,32,34)/b26-9+. The average molecular weight is 457 g/mol. The molecule has 178 valence electrons. The van der Waals surface area contributed by atoms with E-state index in [2.05, 4.69) is 37.0 Å². The highest BCUT2D eigenvalue weighted by atomic mass is 16.2. The van der Waals surface area contributed by atoms with Crippen molar-refractivity contribution in [3.05, 3.63) is 65.8 Å². The number of allylic oxidation sites excluding steroid dienone is 3. The van der Waals surface area contributed by atoms with Crippen molar-refractivity contribution in [2.45, 2.75) is 57.8 Å². The molecule has 2 aromatic carbocycles. The van der Waals surface area contributed by atoms with Crippen LogP contribution in [-0.2, 0) is 9.59 Å². The Hall–Kier alpha value is -2.88. The van der Waals surface area contributed by atoms with Crippen molar-refractivity contribution in [3.8, 4) is 0 Å². The Morgan fingerprint density at radius 3 is 2.21 bits per heavy atom. The van der Waals surface area contributed by atoms with Crippen molar-refractivity contribution in [2.24, 2.45) is 28.9 Å². The van der Waals surface area contributed by atoms with Crippen LogP contribution in [0.3, 0.4) is 0 Å². The summed E-state index contributed by atoms with van der Waals surface area (Å²) in [6, 6.07) is 12.0. The lowest BCUT2D eigenvalue weighted by Crippen LogP contribution is -2.46. The van der Waals surface area contributed by atoms with E-state index in [1.807, 2.05) is 24.3 Å². The molecular formula is C30H36N2O2. The van der Waals surface area contributed by atoms with Gasteiger partial charge in [-0.25, -0.2) is 0 Å². The molecule has 4 nitrogen and oxygen atoms in total. The number of likely N-dealkylation sites (N-methyl/N-ethyl adjacent to an activating group) is 1. The number of primary amides is 1. The van der Waals surface area contributed by atoms with E-state index in [-0.39, 0.29) is 0 Å². The summed E-state index contributed by atoms with van der Waals surface area (Å²) in [5.41, 5.74) is 10.3. The minimum absolute atomic E-state index is 0.390. The summed E-state index contributed by atoms with van der Waals surface area (Å²) >= 11 is 0. The van der Waals surface area contributed by atoms with E-state index in [1.165, 1.54) is 45.6 Å². The molecule has 0 saturated heterocycles. The number of amides is 2. The normalized spacial score (nSPS) is 28.6. The molecule has 4 aliphatic rings. The third-order valence-electron chi connectivity index (χ3n) is 8.81. The highest BCUT2D eigenvalue weighted by molar-refractivity contribution is 6.05. The van der Waals surface area contributed by atoms with Crippen LogP contribution in [0.2, 0.25) is 0 Å². The average Bonchev–Trinajstić information content (AvgIpc) is 2.80. The van der Waals surface area contributed by atoms with E-state index in [4.69, 9.17) is 5.73 Å². The molecule has 4 bridgehead atoms. The summed E-state index contributed by atoms with van der Waals surface area (Å²) in [6.07, 6.45) is 12.0. The maximum absolute atomic E-state index is 12.2. The van der Waals surface area contributed by atoms with E-state index >= 15 is 0 Å². The zero-order valence-corrected chi connectivity index (χ0v) is 20.4. The molecule has 1 unspecified atom stereocenters. The highest BCUT2D eigenvalue weighted by Crippen LogP contribution is 2.63. The van der Waals surface area contributed by atoms with Crippen LogP contribution in [0.4, 0.5) is 0 Å². The van der Waals surface area contributed by atoms with Gasteiger partial charge in [0.05, 0.1) is 0 Å². The van der Waals surface area contributed by atoms with Gasteiger partial charge in [0.1, 0.15) is 5.92 Å². The third kappa shape index (κ3) is 3.97. The van der Waals surface area contributed by atoms with Gasteiger partial charge in [-0.1, -0.05) is 49.4 Å². The number of benzene rings is 2. The van der Waals surface area contributed by atoms with Crippen molar-refractivity contribution < 1.29 is 9.59 Å². The van der Waals surface area contributed by atoms with E-state index in [0.29, 0.717) is 11.0 Å². The van der Waals surface area contributed by atoms with Crippen molar-refractivity contribution in [1.82, 2.24) is 5.32 Å². The molecule has 2 amide bonds. The smallest absolute Gasteiger partial charge is 0.236 e. The molecule has 0 radical (unpaired) electrons. The molecule has 6 rings (SSSR count). The van der Waals surface area contributed by atoms with Gasteiger partial charge in [-0.15, -0.1) is 0 Å². The second-order valence-corrected chi connectivity index (χ2v) is 11.0. The summed E-state index contributed by atoms with van der Waals surface area (Å²) in [5, 5.41) is 4.57. The van der Waals surface area contributed by atoms with Crippen LogP contribution in [0.5, 0.6) is 0 Å².